The van der Waals surface area contributed by atoms with Crippen molar-refractivity contribution in [1.82, 2.24) is 9.88 Å². The molecule has 1 fully saturated rings. The number of fused-ring (bicyclic) bond motifs is 1. The molecule has 0 N–H and O–H groups in total. The van der Waals surface area contributed by atoms with E-state index in [0.717, 1.165) is 10.9 Å². The molecule has 2 heterocycles. The van der Waals surface area contributed by atoms with Crippen molar-refractivity contribution in [2.24, 2.45) is 0 Å². The number of pyridine rings is 1. The molecule has 1 saturated heterocycles. The van der Waals surface area contributed by atoms with E-state index in [-0.39, 0.29) is 18.1 Å². The van der Waals surface area contributed by atoms with Gasteiger partial charge in [-0.05, 0) is 26.0 Å². The summed E-state index contributed by atoms with van der Waals surface area (Å²) < 4.78 is 5.66. The Labute approximate surface area is 118 Å². The quantitative estimate of drug-likeness (QED) is 0.799. The molecular formula is C16H18N2O2. The van der Waals surface area contributed by atoms with Crippen LogP contribution in [0.25, 0.3) is 10.9 Å². The molecule has 0 radical (unpaired) electrons. The minimum Gasteiger partial charge on any atom is -0.372 e. The van der Waals surface area contributed by atoms with Crippen molar-refractivity contribution in [3.8, 4) is 0 Å². The highest BCUT2D eigenvalue weighted by molar-refractivity contribution is 5.95. The van der Waals surface area contributed by atoms with Crippen molar-refractivity contribution in [2.75, 3.05) is 13.1 Å². The van der Waals surface area contributed by atoms with Gasteiger partial charge in [0.25, 0.3) is 5.91 Å². The van der Waals surface area contributed by atoms with Gasteiger partial charge in [-0.3, -0.25) is 4.79 Å². The third-order valence-corrected chi connectivity index (χ3v) is 3.52. The van der Waals surface area contributed by atoms with E-state index in [1.54, 1.807) is 6.07 Å². The van der Waals surface area contributed by atoms with Crippen LogP contribution < -0.4 is 0 Å². The van der Waals surface area contributed by atoms with E-state index in [4.69, 9.17) is 4.74 Å². The van der Waals surface area contributed by atoms with Gasteiger partial charge in [-0.2, -0.15) is 0 Å². The van der Waals surface area contributed by atoms with Gasteiger partial charge in [0.2, 0.25) is 0 Å². The van der Waals surface area contributed by atoms with E-state index in [9.17, 15) is 4.79 Å². The Morgan fingerprint density at radius 2 is 1.85 bits per heavy atom. The van der Waals surface area contributed by atoms with Crippen LogP contribution in [-0.2, 0) is 4.74 Å². The van der Waals surface area contributed by atoms with Crippen LogP contribution in [0.1, 0.15) is 24.3 Å². The number of nitrogens with zero attached hydrogens (tertiary/aromatic N) is 2. The average molecular weight is 270 g/mol. The Kier molecular flexibility index (Phi) is 3.40. The second-order valence-electron chi connectivity index (χ2n) is 5.36. The van der Waals surface area contributed by atoms with Crippen molar-refractivity contribution in [3.63, 3.8) is 0 Å². The summed E-state index contributed by atoms with van der Waals surface area (Å²) in [5.41, 5.74) is 1.36. The number of amides is 1. The first-order chi connectivity index (χ1) is 9.63. The predicted molar refractivity (Wildman–Crippen MR) is 77.7 cm³/mol. The number of carbonyl (C=O) groups is 1. The van der Waals surface area contributed by atoms with Crippen molar-refractivity contribution < 1.29 is 9.53 Å². The summed E-state index contributed by atoms with van der Waals surface area (Å²) in [5.74, 6) is -0.0160. The Morgan fingerprint density at radius 1 is 1.15 bits per heavy atom. The number of aromatic nitrogens is 1. The topological polar surface area (TPSA) is 42.4 Å². The zero-order valence-corrected chi connectivity index (χ0v) is 11.7. The molecule has 2 aromatic rings. The number of para-hydroxylation sites is 1. The highest BCUT2D eigenvalue weighted by Crippen LogP contribution is 2.16. The molecule has 104 valence electrons. The maximum atomic E-state index is 12.5. The first kappa shape index (κ1) is 13.1. The molecule has 4 heteroatoms. The zero-order chi connectivity index (χ0) is 14.1. The molecule has 0 bridgehead atoms. The second kappa shape index (κ2) is 5.21. The van der Waals surface area contributed by atoms with Crippen LogP contribution in [0.4, 0.5) is 0 Å². The first-order valence-electron chi connectivity index (χ1n) is 6.94. The molecule has 1 amide bonds. The average Bonchev–Trinajstić information content (AvgIpc) is 2.45. The summed E-state index contributed by atoms with van der Waals surface area (Å²) in [6.45, 7) is 5.23. The number of rotatable bonds is 1. The molecule has 2 atom stereocenters. The number of hydrogen-bond acceptors (Lipinski definition) is 3. The summed E-state index contributed by atoms with van der Waals surface area (Å²) >= 11 is 0. The molecule has 0 aliphatic carbocycles. The first-order valence-corrected chi connectivity index (χ1v) is 6.94. The lowest BCUT2D eigenvalue weighted by molar-refractivity contribution is -0.0587. The molecule has 1 aliphatic rings. The smallest absolute Gasteiger partial charge is 0.272 e. The fraction of sp³-hybridized carbons (Fsp3) is 0.375. The van der Waals surface area contributed by atoms with Crippen molar-refractivity contribution >= 4 is 16.8 Å². The van der Waals surface area contributed by atoms with Crippen LogP contribution in [-0.4, -0.2) is 41.1 Å². The second-order valence-corrected chi connectivity index (χ2v) is 5.36. The van der Waals surface area contributed by atoms with Crippen molar-refractivity contribution in [1.29, 1.82) is 0 Å². The predicted octanol–water partition coefficient (Wildman–Crippen LogP) is 2.48. The maximum Gasteiger partial charge on any atom is 0.272 e. The molecule has 1 aromatic carbocycles. The third-order valence-electron chi connectivity index (χ3n) is 3.52. The molecule has 2 unspecified atom stereocenters. The summed E-state index contributed by atoms with van der Waals surface area (Å²) in [7, 11) is 0. The third kappa shape index (κ3) is 2.51. The van der Waals surface area contributed by atoms with E-state index in [1.165, 1.54) is 0 Å². The van der Waals surface area contributed by atoms with E-state index >= 15 is 0 Å². The molecule has 0 saturated carbocycles. The van der Waals surface area contributed by atoms with Crippen LogP contribution in [0.15, 0.2) is 36.4 Å². The molecule has 20 heavy (non-hydrogen) atoms. The molecule has 1 aliphatic heterocycles. The summed E-state index contributed by atoms with van der Waals surface area (Å²) in [6, 6.07) is 11.6. The van der Waals surface area contributed by atoms with E-state index in [1.807, 2.05) is 49.1 Å². The van der Waals surface area contributed by atoms with Gasteiger partial charge in [-0.15, -0.1) is 0 Å². The molecule has 1 aromatic heterocycles. The number of hydrogen-bond donors (Lipinski definition) is 0. The number of benzene rings is 1. The van der Waals surface area contributed by atoms with Crippen LogP contribution in [0.2, 0.25) is 0 Å². The summed E-state index contributed by atoms with van der Waals surface area (Å²) in [5, 5.41) is 1.05. The Bertz CT molecular complexity index is 631. The van der Waals surface area contributed by atoms with Gasteiger partial charge in [0.1, 0.15) is 5.69 Å². The molecular weight excluding hydrogens is 252 g/mol. The number of carbonyl (C=O) groups excluding carboxylic acids is 1. The summed E-state index contributed by atoms with van der Waals surface area (Å²) in [4.78, 5) is 18.8. The van der Waals surface area contributed by atoms with Gasteiger partial charge >= 0.3 is 0 Å². The monoisotopic (exact) mass is 270 g/mol. The fourth-order valence-corrected chi connectivity index (χ4v) is 2.69. The van der Waals surface area contributed by atoms with E-state index in [2.05, 4.69) is 4.98 Å². The van der Waals surface area contributed by atoms with Crippen LogP contribution in [0, 0.1) is 0 Å². The van der Waals surface area contributed by atoms with Crippen LogP contribution >= 0.6 is 0 Å². The van der Waals surface area contributed by atoms with Gasteiger partial charge in [-0.1, -0.05) is 24.3 Å². The molecule has 4 nitrogen and oxygen atoms in total. The van der Waals surface area contributed by atoms with E-state index in [0.29, 0.717) is 18.8 Å². The SMILES string of the molecule is CC1CN(C(=O)c2ccc3ccccc3n2)CC(C)O1. The maximum absolute atomic E-state index is 12.5. The van der Waals surface area contributed by atoms with Crippen molar-refractivity contribution in [3.05, 3.63) is 42.1 Å². The lowest BCUT2D eigenvalue weighted by Crippen LogP contribution is -2.48. The molecule has 3 rings (SSSR count). The van der Waals surface area contributed by atoms with Crippen molar-refractivity contribution in [2.45, 2.75) is 26.1 Å². The molecule has 0 spiro atoms. The van der Waals surface area contributed by atoms with Crippen LogP contribution in [0.5, 0.6) is 0 Å². The van der Waals surface area contributed by atoms with Gasteiger partial charge in [0.15, 0.2) is 0 Å². The minimum atomic E-state index is -0.0160. The zero-order valence-electron chi connectivity index (χ0n) is 11.7. The fourth-order valence-electron chi connectivity index (χ4n) is 2.69. The van der Waals surface area contributed by atoms with E-state index < -0.39 is 0 Å². The highest BCUT2D eigenvalue weighted by atomic mass is 16.5. The largest absolute Gasteiger partial charge is 0.372 e. The van der Waals surface area contributed by atoms with Gasteiger partial charge in [0.05, 0.1) is 17.7 Å². The lowest BCUT2D eigenvalue weighted by atomic mass is 10.1. The van der Waals surface area contributed by atoms with Gasteiger partial charge < -0.3 is 9.64 Å². The summed E-state index contributed by atoms with van der Waals surface area (Å²) in [6.07, 6.45) is 0.145. The lowest BCUT2D eigenvalue weighted by Gasteiger charge is -2.35. The Balaban J connectivity index is 1.88. The number of morpholine rings is 1. The normalized spacial score (nSPS) is 23.0. The van der Waals surface area contributed by atoms with Gasteiger partial charge in [0, 0.05) is 18.5 Å². The Morgan fingerprint density at radius 3 is 2.60 bits per heavy atom. The van der Waals surface area contributed by atoms with Crippen LogP contribution in [0.3, 0.4) is 0 Å². The Hall–Kier alpha value is -1.94. The van der Waals surface area contributed by atoms with Gasteiger partial charge in [-0.25, -0.2) is 4.98 Å². The standard InChI is InChI=1S/C16H18N2O2/c1-11-9-18(10-12(2)20-11)16(19)15-8-7-13-5-3-4-6-14(13)17-15/h3-8,11-12H,9-10H2,1-2H3. The minimum absolute atomic E-state index is 0.0160. The highest BCUT2D eigenvalue weighted by Gasteiger charge is 2.27. The number of ether oxygens (including phenoxy) is 1.